The van der Waals surface area contributed by atoms with Crippen LogP contribution in [-0.4, -0.2) is 19.2 Å². The lowest BCUT2D eigenvalue weighted by Gasteiger charge is -2.18. The highest BCUT2D eigenvalue weighted by atomic mass is 16.5. The number of amides is 1. The number of hydrogen-bond donors (Lipinski definition) is 1. The van der Waals surface area contributed by atoms with Crippen LogP contribution in [0.5, 0.6) is 5.75 Å². The summed E-state index contributed by atoms with van der Waals surface area (Å²) in [5.74, 6) is 0.367. The molecule has 1 amide bonds. The van der Waals surface area contributed by atoms with Crippen LogP contribution in [0.4, 0.5) is 0 Å². The highest BCUT2D eigenvalue weighted by Gasteiger charge is 2.12. The largest absolute Gasteiger partial charge is 0.497 e. The van der Waals surface area contributed by atoms with Gasteiger partial charge in [0.1, 0.15) is 5.75 Å². The van der Waals surface area contributed by atoms with Crippen LogP contribution in [-0.2, 0) is 5.41 Å². The zero-order valence-corrected chi connectivity index (χ0v) is 14.0. The molecule has 0 aliphatic heterocycles. The topological polar surface area (TPSA) is 50.7 Å². The predicted octanol–water partition coefficient (Wildman–Crippen LogP) is 3.76. The third-order valence-electron chi connectivity index (χ3n) is 3.49. The zero-order valence-electron chi connectivity index (χ0n) is 14.0. The summed E-state index contributed by atoms with van der Waals surface area (Å²) in [7, 11) is 1.57. The number of methoxy groups -OCH3 is 1. The van der Waals surface area contributed by atoms with Crippen LogP contribution in [0.25, 0.3) is 0 Å². The second kappa shape index (κ2) is 7.09. The maximum atomic E-state index is 12.0. The third-order valence-corrected chi connectivity index (χ3v) is 3.49. The fourth-order valence-electron chi connectivity index (χ4n) is 2.06. The van der Waals surface area contributed by atoms with E-state index < -0.39 is 0 Å². The Morgan fingerprint density at radius 2 is 1.83 bits per heavy atom. The summed E-state index contributed by atoms with van der Waals surface area (Å²) in [6.45, 7) is 6.51. The van der Waals surface area contributed by atoms with Crippen LogP contribution in [0, 0.1) is 0 Å². The van der Waals surface area contributed by atoms with E-state index in [1.54, 1.807) is 37.6 Å². The van der Waals surface area contributed by atoms with Gasteiger partial charge in [0, 0.05) is 5.56 Å². The maximum Gasteiger partial charge on any atom is 0.271 e. The number of carbonyl (C=O) groups is 1. The number of benzene rings is 2. The van der Waals surface area contributed by atoms with Gasteiger partial charge >= 0.3 is 0 Å². The number of nitrogens with zero attached hydrogens (tertiary/aromatic N) is 1. The van der Waals surface area contributed by atoms with Crippen LogP contribution < -0.4 is 10.2 Å². The summed E-state index contributed by atoms with van der Waals surface area (Å²) in [5, 5.41) is 4.00. The van der Waals surface area contributed by atoms with Crippen molar-refractivity contribution in [3.8, 4) is 5.75 Å². The fraction of sp³-hybridized carbons (Fsp3) is 0.263. The third kappa shape index (κ3) is 4.68. The lowest BCUT2D eigenvalue weighted by Crippen LogP contribution is -2.17. The van der Waals surface area contributed by atoms with Crippen molar-refractivity contribution in [2.75, 3.05) is 7.11 Å². The van der Waals surface area contributed by atoms with Crippen molar-refractivity contribution in [2.24, 2.45) is 5.10 Å². The first-order valence-electron chi connectivity index (χ1n) is 7.48. The van der Waals surface area contributed by atoms with Crippen molar-refractivity contribution in [3.05, 3.63) is 65.2 Å². The first-order chi connectivity index (χ1) is 10.9. The fourth-order valence-corrected chi connectivity index (χ4v) is 2.06. The van der Waals surface area contributed by atoms with Crippen LogP contribution in [0.3, 0.4) is 0 Å². The van der Waals surface area contributed by atoms with Gasteiger partial charge < -0.3 is 4.74 Å². The van der Waals surface area contributed by atoms with E-state index in [9.17, 15) is 4.79 Å². The van der Waals surface area contributed by atoms with E-state index in [1.165, 1.54) is 5.56 Å². The van der Waals surface area contributed by atoms with Gasteiger partial charge in [-0.2, -0.15) is 5.10 Å². The number of hydrogen-bond acceptors (Lipinski definition) is 3. The van der Waals surface area contributed by atoms with Gasteiger partial charge in [0.25, 0.3) is 5.91 Å². The average molecular weight is 310 g/mol. The average Bonchev–Trinajstić information content (AvgIpc) is 2.54. The van der Waals surface area contributed by atoms with Crippen molar-refractivity contribution in [1.29, 1.82) is 0 Å². The first kappa shape index (κ1) is 16.7. The number of hydrazone groups is 1. The maximum absolute atomic E-state index is 12.0. The smallest absolute Gasteiger partial charge is 0.271 e. The van der Waals surface area contributed by atoms with Gasteiger partial charge in [0.05, 0.1) is 13.3 Å². The van der Waals surface area contributed by atoms with Crippen LogP contribution in [0.2, 0.25) is 0 Å². The molecule has 4 nitrogen and oxygen atoms in total. The summed E-state index contributed by atoms with van der Waals surface area (Å²) < 4.78 is 5.10. The van der Waals surface area contributed by atoms with Crippen molar-refractivity contribution in [1.82, 2.24) is 5.43 Å². The molecule has 4 heteroatoms. The molecule has 23 heavy (non-hydrogen) atoms. The molecule has 2 rings (SSSR count). The molecule has 0 aromatic heterocycles. The molecule has 0 bridgehead atoms. The molecule has 0 unspecified atom stereocenters. The Bertz CT molecular complexity index is 698. The Kier molecular flexibility index (Phi) is 5.16. The van der Waals surface area contributed by atoms with E-state index in [-0.39, 0.29) is 11.3 Å². The summed E-state index contributed by atoms with van der Waals surface area (Å²) in [5.41, 5.74) is 5.34. The summed E-state index contributed by atoms with van der Waals surface area (Å²) in [4.78, 5) is 12.0. The van der Waals surface area contributed by atoms with Crippen molar-refractivity contribution >= 4 is 12.1 Å². The highest BCUT2D eigenvalue weighted by Crippen LogP contribution is 2.21. The standard InChI is InChI=1S/C19H22N2O2/c1-19(2,3)16-10-8-14(9-11-16)13-20-21-18(22)15-6-5-7-17(12-15)23-4/h5-13H,1-4H3,(H,21,22)/b20-13-. The molecule has 2 aromatic carbocycles. The number of rotatable bonds is 4. The molecule has 0 aliphatic rings. The van der Waals surface area contributed by atoms with Gasteiger partial charge in [-0.1, -0.05) is 51.1 Å². The molecule has 0 atom stereocenters. The Balaban J connectivity index is 1.99. The first-order valence-corrected chi connectivity index (χ1v) is 7.48. The molecule has 0 heterocycles. The SMILES string of the molecule is COc1cccc(C(=O)N/N=C\c2ccc(C(C)(C)C)cc2)c1. The van der Waals surface area contributed by atoms with Crippen LogP contribution >= 0.6 is 0 Å². The molecule has 0 spiro atoms. The van der Waals surface area contributed by atoms with Crippen molar-refractivity contribution < 1.29 is 9.53 Å². The van der Waals surface area contributed by atoms with Crippen LogP contribution in [0.1, 0.15) is 42.3 Å². The molecule has 120 valence electrons. The predicted molar refractivity (Wildman–Crippen MR) is 93.2 cm³/mol. The Hall–Kier alpha value is -2.62. The molecular formula is C19H22N2O2. The quantitative estimate of drug-likeness (QED) is 0.690. The lowest BCUT2D eigenvalue weighted by atomic mass is 9.87. The zero-order chi connectivity index (χ0) is 16.9. The van der Waals surface area contributed by atoms with Crippen molar-refractivity contribution in [2.45, 2.75) is 26.2 Å². The van der Waals surface area contributed by atoms with Crippen LogP contribution in [0.15, 0.2) is 53.6 Å². The Morgan fingerprint density at radius 3 is 2.43 bits per heavy atom. The molecule has 2 aromatic rings. The van der Waals surface area contributed by atoms with Crippen molar-refractivity contribution in [3.63, 3.8) is 0 Å². The second-order valence-corrected chi connectivity index (χ2v) is 6.30. The number of carbonyl (C=O) groups excluding carboxylic acids is 1. The molecule has 0 fully saturated rings. The second-order valence-electron chi connectivity index (χ2n) is 6.30. The van der Waals surface area contributed by atoms with E-state index in [1.807, 2.05) is 12.1 Å². The van der Waals surface area contributed by atoms with Gasteiger partial charge in [-0.15, -0.1) is 0 Å². The Labute approximate surface area is 137 Å². The molecule has 0 saturated carbocycles. The van der Waals surface area contributed by atoms with Gasteiger partial charge in [-0.3, -0.25) is 4.79 Å². The molecular weight excluding hydrogens is 288 g/mol. The number of ether oxygens (including phenoxy) is 1. The van der Waals surface area contributed by atoms with Gasteiger partial charge in [0.2, 0.25) is 0 Å². The van der Waals surface area contributed by atoms with Gasteiger partial charge in [0.15, 0.2) is 0 Å². The van der Waals surface area contributed by atoms with E-state index in [0.29, 0.717) is 11.3 Å². The highest BCUT2D eigenvalue weighted by molar-refractivity contribution is 5.95. The summed E-state index contributed by atoms with van der Waals surface area (Å²) >= 11 is 0. The number of nitrogens with one attached hydrogen (secondary N) is 1. The van der Waals surface area contributed by atoms with E-state index in [0.717, 1.165) is 5.56 Å². The summed E-state index contributed by atoms with van der Waals surface area (Å²) in [6, 6.07) is 15.1. The lowest BCUT2D eigenvalue weighted by molar-refractivity contribution is 0.0955. The molecule has 0 saturated heterocycles. The summed E-state index contributed by atoms with van der Waals surface area (Å²) in [6.07, 6.45) is 1.63. The molecule has 0 radical (unpaired) electrons. The van der Waals surface area contributed by atoms with Gasteiger partial charge in [-0.25, -0.2) is 5.43 Å². The Morgan fingerprint density at radius 1 is 1.13 bits per heavy atom. The normalized spacial score (nSPS) is 11.5. The minimum atomic E-state index is -0.272. The van der Waals surface area contributed by atoms with E-state index in [2.05, 4.69) is 43.4 Å². The minimum Gasteiger partial charge on any atom is -0.497 e. The monoisotopic (exact) mass is 310 g/mol. The molecule has 1 N–H and O–H groups in total. The van der Waals surface area contributed by atoms with Gasteiger partial charge in [-0.05, 0) is 34.7 Å². The molecule has 0 aliphatic carbocycles. The van der Waals surface area contributed by atoms with E-state index in [4.69, 9.17) is 4.74 Å². The minimum absolute atomic E-state index is 0.121. The van der Waals surface area contributed by atoms with E-state index >= 15 is 0 Å².